The van der Waals surface area contributed by atoms with Crippen molar-refractivity contribution in [2.45, 2.75) is 33.1 Å². The summed E-state index contributed by atoms with van der Waals surface area (Å²) < 4.78 is 4.84. The average Bonchev–Trinajstić information content (AvgIpc) is 2.73. The second-order valence-corrected chi connectivity index (χ2v) is 7.33. The number of carbonyl (C=O) groups is 4. The maximum absolute atomic E-state index is 12.0. The number of rotatable bonds is 8. The number of amides is 3. The van der Waals surface area contributed by atoms with E-state index in [0.717, 1.165) is 16.8 Å². The number of hydrogen-bond donors (Lipinski definition) is 3. The largest absolute Gasteiger partial charge is 0.455 e. The standard InChI is InChI=1S/C22H24ClN3O5/c1-14-6-7-15(2)18(12-14)24-19(27)4-3-5-21(29)31-13-20(28)25-26-22(30)16-8-10-17(23)11-9-16/h6-12H,3-5,13H2,1-2H3,(H,24,27)(H,25,28)(H,26,30). The molecule has 3 N–H and O–H groups in total. The molecular weight excluding hydrogens is 422 g/mol. The smallest absolute Gasteiger partial charge is 0.306 e. The van der Waals surface area contributed by atoms with Crippen LogP contribution in [0.5, 0.6) is 0 Å². The number of nitrogens with one attached hydrogen (secondary N) is 3. The van der Waals surface area contributed by atoms with Crippen molar-refractivity contribution >= 4 is 41.0 Å². The molecule has 0 saturated carbocycles. The first-order valence-electron chi connectivity index (χ1n) is 9.62. The van der Waals surface area contributed by atoms with Crippen molar-refractivity contribution in [2.24, 2.45) is 0 Å². The fourth-order valence-electron chi connectivity index (χ4n) is 2.53. The molecule has 164 valence electrons. The predicted molar refractivity (Wildman–Crippen MR) is 116 cm³/mol. The third kappa shape index (κ3) is 8.47. The Morgan fingerprint density at radius 1 is 0.903 bits per heavy atom. The summed E-state index contributed by atoms with van der Waals surface area (Å²) in [6.07, 6.45) is 0.418. The van der Waals surface area contributed by atoms with Gasteiger partial charge >= 0.3 is 5.97 Å². The molecule has 2 aromatic rings. The fraction of sp³-hybridized carbons (Fsp3) is 0.273. The lowest BCUT2D eigenvalue weighted by Gasteiger charge is -2.10. The van der Waals surface area contributed by atoms with E-state index in [-0.39, 0.29) is 25.2 Å². The topological polar surface area (TPSA) is 114 Å². The summed E-state index contributed by atoms with van der Waals surface area (Å²) in [6.45, 7) is 3.29. The average molecular weight is 446 g/mol. The molecule has 0 spiro atoms. The molecule has 0 saturated heterocycles. The summed E-state index contributed by atoms with van der Waals surface area (Å²) >= 11 is 5.74. The number of hydrazine groups is 1. The Morgan fingerprint density at radius 2 is 1.61 bits per heavy atom. The molecule has 0 aliphatic rings. The summed E-state index contributed by atoms with van der Waals surface area (Å²) in [4.78, 5) is 47.3. The third-order valence-corrected chi connectivity index (χ3v) is 4.49. The van der Waals surface area contributed by atoms with Gasteiger partial charge in [0.1, 0.15) is 0 Å². The zero-order valence-corrected chi connectivity index (χ0v) is 18.0. The van der Waals surface area contributed by atoms with Gasteiger partial charge in [0.15, 0.2) is 6.61 Å². The van der Waals surface area contributed by atoms with Gasteiger partial charge in [0.2, 0.25) is 5.91 Å². The monoisotopic (exact) mass is 445 g/mol. The molecular formula is C22H24ClN3O5. The molecule has 2 rings (SSSR count). The zero-order valence-electron chi connectivity index (χ0n) is 17.3. The van der Waals surface area contributed by atoms with E-state index in [1.807, 2.05) is 32.0 Å². The van der Waals surface area contributed by atoms with Crippen LogP contribution in [0.25, 0.3) is 0 Å². The molecule has 0 fully saturated rings. The van der Waals surface area contributed by atoms with Crippen molar-refractivity contribution in [1.82, 2.24) is 10.9 Å². The minimum absolute atomic E-state index is 0.00929. The van der Waals surface area contributed by atoms with Crippen LogP contribution in [0, 0.1) is 13.8 Å². The normalized spacial score (nSPS) is 10.2. The quantitative estimate of drug-likeness (QED) is 0.427. The molecule has 0 heterocycles. The number of hydrogen-bond acceptors (Lipinski definition) is 5. The van der Waals surface area contributed by atoms with Crippen LogP contribution in [0.15, 0.2) is 42.5 Å². The van der Waals surface area contributed by atoms with Gasteiger partial charge < -0.3 is 10.1 Å². The Labute approximate surface area is 185 Å². The lowest BCUT2D eigenvalue weighted by Crippen LogP contribution is -2.43. The molecule has 31 heavy (non-hydrogen) atoms. The number of esters is 1. The lowest BCUT2D eigenvalue weighted by molar-refractivity contribution is -0.148. The summed E-state index contributed by atoms with van der Waals surface area (Å²) in [6, 6.07) is 11.8. The fourth-order valence-corrected chi connectivity index (χ4v) is 2.66. The van der Waals surface area contributed by atoms with Crippen LogP contribution in [0.2, 0.25) is 5.02 Å². The molecule has 0 atom stereocenters. The highest BCUT2D eigenvalue weighted by Crippen LogP contribution is 2.17. The minimum atomic E-state index is -0.691. The Bertz CT molecular complexity index is 960. The highest BCUT2D eigenvalue weighted by Gasteiger charge is 2.11. The molecule has 0 bridgehead atoms. The van der Waals surface area contributed by atoms with Crippen LogP contribution in [-0.2, 0) is 19.1 Å². The highest BCUT2D eigenvalue weighted by molar-refractivity contribution is 6.30. The van der Waals surface area contributed by atoms with Crippen LogP contribution < -0.4 is 16.2 Å². The van der Waals surface area contributed by atoms with Crippen LogP contribution in [0.1, 0.15) is 40.7 Å². The SMILES string of the molecule is Cc1ccc(C)c(NC(=O)CCCC(=O)OCC(=O)NNC(=O)c2ccc(Cl)cc2)c1. The van der Waals surface area contributed by atoms with E-state index >= 15 is 0 Å². The highest BCUT2D eigenvalue weighted by atomic mass is 35.5. The number of aryl methyl sites for hydroxylation is 2. The summed E-state index contributed by atoms with van der Waals surface area (Å²) in [5.41, 5.74) is 7.39. The summed E-state index contributed by atoms with van der Waals surface area (Å²) in [5, 5.41) is 3.30. The number of halogens is 1. The van der Waals surface area contributed by atoms with Gasteiger partial charge in [-0.25, -0.2) is 0 Å². The van der Waals surface area contributed by atoms with Crippen molar-refractivity contribution in [3.63, 3.8) is 0 Å². The second-order valence-electron chi connectivity index (χ2n) is 6.89. The molecule has 0 unspecified atom stereocenters. The van der Waals surface area contributed by atoms with E-state index < -0.39 is 24.4 Å². The molecule has 0 aliphatic heterocycles. The van der Waals surface area contributed by atoms with Gasteiger partial charge in [0.25, 0.3) is 11.8 Å². The zero-order chi connectivity index (χ0) is 22.8. The first-order valence-corrected chi connectivity index (χ1v) is 10.00. The van der Waals surface area contributed by atoms with E-state index in [1.54, 1.807) is 12.1 Å². The van der Waals surface area contributed by atoms with Crippen LogP contribution in [-0.4, -0.2) is 30.3 Å². The molecule has 8 nitrogen and oxygen atoms in total. The van der Waals surface area contributed by atoms with Gasteiger partial charge in [0.05, 0.1) is 0 Å². The van der Waals surface area contributed by atoms with E-state index in [4.69, 9.17) is 16.3 Å². The lowest BCUT2D eigenvalue weighted by atomic mass is 10.1. The van der Waals surface area contributed by atoms with Crippen LogP contribution in [0.3, 0.4) is 0 Å². The van der Waals surface area contributed by atoms with Gasteiger partial charge in [-0.2, -0.15) is 0 Å². The second kappa shape index (κ2) is 11.7. The summed E-state index contributed by atoms with van der Waals surface area (Å²) in [7, 11) is 0. The summed E-state index contributed by atoms with van der Waals surface area (Å²) in [5.74, 6) is -2.04. The van der Waals surface area contributed by atoms with Crippen LogP contribution >= 0.6 is 11.6 Å². The van der Waals surface area contributed by atoms with Crippen molar-refractivity contribution in [3.05, 3.63) is 64.2 Å². The predicted octanol–water partition coefficient (Wildman–Crippen LogP) is 3.07. The Balaban J connectivity index is 1.62. The van der Waals surface area contributed by atoms with Gasteiger partial charge in [-0.15, -0.1) is 0 Å². The Kier molecular flexibility index (Phi) is 9.02. The molecule has 0 radical (unpaired) electrons. The Hall–Kier alpha value is -3.39. The van der Waals surface area contributed by atoms with Gasteiger partial charge in [-0.1, -0.05) is 23.7 Å². The number of anilines is 1. The van der Waals surface area contributed by atoms with Gasteiger partial charge in [0, 0.05) is 29.1 Å². The molecule has 0 aromatic heterocycles. The van der Waals surface area contributed by atoms with Crippen molar-refractivity contribution in [2.75, 3.05) is 11.9 Å². The molecule has 3 amide bonds. The molecule has 0 aliphatic carbocycles. The number of benzene rings is 2. The van der Waals surface area contributed by atoms with E-state index in [1.165, 1.54) is 12.1 Å². The minimum Gasteiger partial charge on any atom is -0.455 e. The van der Waals surface area contributed by atoms with E-state index in [0.29, 0.717) is 10.6 Å². The maximum Gasteiger partial charge on any atom is 0.306 e. The number of carbonyl (C=O) groups excluding carboxylic acids is 4. The first-order chi connectivity index (χ1) is 14.7. The molecule has 9 heteroatoms. The molecule has 2 aromatic carbocycles. The van der Waals surface area contributed by atoms with Crippen LogP contribution in [0.4, 0.5) is 5.69 Å². The maximum atomic E-state index is 12.0. The number of ether oxygens (including phenoxy) is 1. The van der Waals surface area contributed by atoms with Gasteiger partial charge in [-0.05, 0) is 61.7 Å². The first kappa shape index (κ1) is 23.9. The third-order valence-electron chi connectivity index (χ3n) is 4.24. The Morgan fingerprint density at radius 3 is 2.32 bits per heavy atom. The van der Waals surface area contributed by atoms with Gasteiger partial charge in [-0.3, -0.25) is 30.0 Å². The van der Waals surface area contributed by atoms with Crippen molar-refractivity contribution in [1.29, 1.82) is 0 Å². The van der Waals surface area contributed by atoms with Crippen molar-refractivity contribution in [3.8, 4) is 0 Å². The van der Waals surface area contributed by atoms with E-state index in [9.17, 15) is 19.2 Å². The van der Waals surface area contributed by atoms with Crippen molar-refractivity contribution < 1.29 is 23.9 Å². The van der Waals surface area contributed by atoms with E-state index in [2.05, 4.69) is 16.2 Å².